The van der Waals surface area contributed by atoms with Gasteiger partial charge in [-0.1, -0.05) is 179 Å². The molecule has 2 atom stereocenters. The Morgan fingerprint density at radius 1 is 0.554 bits per heavy atom. The molecule has 0 aliphatic carbocycles. The van der Waals surface area contributed by atoms with Crippen molar-refractivity contribution in [2.45, 2.75) is 225 Å². The summed E-state index contributed by atoms with van der Waals surface area (Å²) in [4.78, 5) is 36.9. The molecule has 0 aromatic heterocycles. The van der Waals surface area contributed by atoms with Crippen molar-refractivity contribution in [1.82, 2.24) is 0 Å². The summed E-state index contributed by atoms with van der Waals surface area (Å²) in [5.74, 6) is -1.74. The van der Waals surface area contributed by atoms with Crippen LogP contribution in [0.2, 0.25) is 0 Å². The zero-order valence-electron chi connectivity index (χ0n) is 37.3. The molecule has 0 radical (unpaired) electrons. The van der Waals surface area contributed by atoms with Crippen LogP contribution in [0.5, 0.6) is 0 Å². The van der Waals surface area contributed by atoms with Gasteiger partial charge in [0, 0.05) is 19.3 Å². The van der Waals surface area contributed by atoms with Crippen LogP contribution in [0.4, 0.5) is 0 Å². The first-order chi connectivity index (χ1) is 27.1. The molecule has 0 heterocycles. The standard InChI is InChI=1S/C48H89NO7/c1-6-8-10-12-14-16-18-20-21-22-23-24-25-26-27-29-31-33-35-37-39-47(51)56-44(42-54-41-40-45(48(52)53)49(3,4)5)43-55-46(50)38-36-34-32-30-28-19-17-15-13-11-9-7-2/h9,11,15,17,44-45H,6-8,10,12-14,16,18-43H2,1-5H3/b11-9+,17-15+. The number of quaternary nitrogens is 1. The molecule has 0 bridgehead atoms. The Morgan fingerprint density at radius 2 is 1.00 bits per heavy atom. The van der Waals surface area contributed by atoms with E-state index in [2.05, 4.69) is 38.2 Å². The molecule has 0 rings (SSSR count). The van der Waals surface area contributed by atoms with Crippen LogP contribution in [0, 0.1) is 0 Å². The minimum atomic E-state index is -1.12. The molecule has 56 heavy (non-hydrogen) atoms. The van der Waals surface area contributed by atoms with Crippen molar-refractivity contribution in [2.24, 2.45) is 0 Å². The van der Waals surface area contributed by atoms with Crippen molar-refractivity contribution in [1.29, 1.82) is 0 Å². The van der Waals surface area contributed by atoms with Gasteiger partial charge in [0.1, 0.15) is 12.6 Å². The summed E-state index contributed by atoms with van der Waals surface area (Å²) in [7, 11) is 5.41. The van der Waals surface area contributed by atoms with Gasteiger partial charge in [0.05, 0.1) is 40.3 Å². The molecule has 0 aromatic carbocycles. The second-order valence-corrected chi connectivity index (χ2v) is 17.0. The number of esters is 2. The van der Waals surface area contributed by atoms with E-state index in [1.807, 2.05) is 0 Å². The minimum absolute atomic E-state index is 0.0402. The van der Waals surface area contributed by atoms with Gasteiger partial charge in [-0.3, -0.25) is 9.59 Å². The molecule has 8 heteroatoms. The number of carbonyl (C=O) groups is 3. The van der Waals surface area contributed by atoms with Gasteiger partial charge in [0.25, 0.3) is 0 Å². The highest BCUT2D eigenvalue weighted by Crippen LogP contribution is 2.16. The average Bonchev–Trinajstić information content (AvgIpc) is 3.15. The number of allylic oxidation sites excluding steroid dienone is 4. The maximum absolute atomic E-state index is 12.7. The normalized spacial score (nSPS) is 13.1. The van der Waals surface area contributed by atoms with Crippen LogP contribution in [-0.4, -0.2) is 75.5 Å². The summed E-state index contributed by atoms with van der Waals surface area (Å²) in [5.41, 5.74) is 0. The molecule has 0 aromatic rings. The molecule has 0 spiro atoms. The van der Waals surface area contributed by atoms with Crippen LogP contribution in [0.3, 0.4) is 0 Å². The van der Waals surface area contributed by atoms with Crippen molar-refractivity contribution < 1.29 is 38.2 Å². The third kappa shape index (κ3) is 37.4. The molecule has 0 aliphatic rings. The fraction of sp³-hybridized carbons (Fsp3) is 0.854. The van der Waals surface area contributed by atoms with E-state index in [-0.39, 0.29) is 42.7 Å². The number of carboxylic acids is 1. The number of rotatable bonds is 42. The summed E-state index contributed by atoms with van der Waals surface area (Å²) in [6.07, 6.45) is 43.5. The van der Waals surface area contributed by atoms with Gasteiger partial charge in [-0.05, 0) is 38.5 Å². The second-order valence-electron chi connectivity index (χ2n) is 17.0. The Labute approximate surface area is 345 Å². The first kappa shape index (κ1) is 53.8. The summed E-state index contributed by atoms with van der Waals surface area (Å²) in [6.45, 7) is 4.56. The zero-order valence-corrected chi connectivity index (χ0v) is 37.3. The maximum Gasteiger partial charge on any atom is 0.306 e. The first-order valence-corrected chi connectivity index (χ1v) is 23.4. The predicted octanol–water partition coefficient (Wildman–Crippen LogP) is 11.5. The lowest BCUT2D eigenvalue weighted by Crippen LogP contribution is -2.55. The number of carbonyl (C=O) groups excluding carboxylic acids is 3. The van der Waals surface area contributed by atoms with Gasteiger partial charge >= 0.3 is 11.9 Å². The van der Waals surface area contributed by atoms with E-state index in [9.17, 15) is 19.5 Å². The van der Waals surface area contributed by atoms with Gasteiger partial charge in [-0.15, -0.1) is 0 Å². The van der Waals surface area contributed by atoms with Crippen molar-refractivity contribution in [3.8, 4) is 0 Å². The Bertz CT molecular complexity index is 973. The molecule has 0 aliphatic heterocycles. The minimum Gasteiger partial charge on any atom is -0.544 e. The molecule has 8 nitrogen and oxygen atoms in total. The zero-order chi connectivity index (χ0) is 41.4. The highest BCUT2D eigenvalue weighted by molar-refractivity contribution is 5.70. The quantitative estimate of drug-likeness (QED) is 0.0262. The maximum atomic E-state index is 12.7. The smallest absolute Gasteiger partial charge is 0.306 e. The molecule has 2 unspecified atom stereocenters. The molecule has 0 saturated carbocycles. The highest BCUT2D eigenvalue weighted by Gasteiger charge is 2.25. The SMILES string of the molecule is CC/C=C/C/C=C/CCCCCCCC(=O)OCC(COCCC(C(=O)[O-])[N+](C)(C)C)OC(=O)CCCCCCCCCCCCCCCCCCCCCC. The second kappa shape index (κ2) is 39.6. The lowest BCUT2D eigenvalue weighted by Gasteiger charge is -2.34. The number of unbranched alkanes of at least 4 members (excludes halogenated alkanes) is 24. The Morgan fingerprint density at radius 3 is 1.46 bits per heavy atom. The lowest BCUT2D eigenvalue weighted by molar-refractivity contribution is -0.889. The number of aliphatic carboxylic acids is 1. The van der Waals surface area contributed by atoms with Gasteiger partial charge in [-0.2, -0.15) is 0 Å². The highest BCUT2D eigenvalue weighted by atomic mass is 16.6. The van der Waals surface area contributed by atoms with Crippen molar-refractivity contribution in [3.05, 3.63) is 24.3 Å². The number of likely N-dealkylation sites (N-methyl/N-ethyl adjacent to an activating group) is 1. The van der Waals surface area contributed by atoms with E-state index in [4.69, 9.17) is 14.2 Å². The molecule has 0 fully saturated rings. The Kier molecular flexibility index (Phi) is 38.1. The van der Waals surface area contributed by atoms with Gasteiger partial charge < -0.3 is 28.6 Å². The number of carboxylic acid groups (broad SMARTS) is 1. The van der Waals surface area contributed by atoms with Gasteiger partial charge in [-0.25, -0.2) is 0 Å². The van der Waals surface area contributed by atoms with Crippen molar-refractivity contribution in [2.75, 3.05) is 41.0 Å². The van der Waals surface area contributed by atoms with Crippen LogP contribution >= 0.6 is 0 Å². The topological polar surface area (TPSA) is 102 Å². The Balaban J connectivity index is 4.24. The van der Waals surface area contributed by atoms with Crippen LogP contribution in [0.25, 0.3) is 0 Å². The third-order valence-corrected chi connectivity index (χ3v) is 10.6. The van der Waals surface area contributed by atoms with E-state index in [0.29, 0.717) is 12.8 Å². The van der Waals surface area contributed by atoms with E-state index in [0.717, 1.165) is 70.6 Å². The number of hydrogen-bond acceptors (Lipinski definition) is 7. The lowest BCUT2D eigenvalue weighted by atomic mass is 10.0. The summed E-state index contributed by atoms with van der Waals surface area (Å²) in [5, 5.41) is 11.6. The Hall–Kier alpha value is -2.19. The monoisotopic (exact) mass is 792 g/mol. The molecular formula is C48H89NO7. The van der Waals surface area contributed by atoms with E-state index >= 15 is 0 Å². The third-order valence-electron chi connectivity index (χ3n) is 10.6. The molecule has 0 amide bonds. The van der Waals surface area contributed by atoms with Gasteiger partial charge in [0.2, 0.25) is 0 Å². The molecule has 328 valence electrons. The molecular weight excluding hydrogens is 703 g/mol. The van der Waals surface area contributed by atoms with E-state index in [1.54, 1.807) is 21.1 Å². The summed E-state index contributed by atoms with van der Waals surface area (Å²) < 4.78 is 17.2. The average molecular weight is 792 g/mol. The van der Waals surface area contributed by atoms with Crippen LogP contribution in [-0.2, 0) is 28.6 Å². The van der Waals surface area contributed by atoms with Crippen LogP contribution in [0.15, 0.2) is 24.3 Å². The molecule has 0 N–H and O–H groups in total. The van der Waals surface area contributed by atoms with Gasteiger partial charge in [0.15, 0.2) is 6.10 Å². The number of nitrogens with zero attached hydrogens (tertiary/aromatic N) is 1. The fourth-order valence-corrected chi connectivity index (χ4v) is 6.99. The predicted molar refractivity (Wildman–Crippen MR) is 231 cm³/mol. The number of hydrogen-bond donors (Lipinski definition) is 0. The molecule has 0 saturated heterocycles. The number of ether oxygens (including phenoxy) is 3. The van der Waals surface area contributed by atoms with E-state index in [1.165, 1.54) is 109 Å². The summed E-state index contributed by atoms with van der Waals surface area (Å²) >= 11 is 0. The fourth-order valence-electron chi connectivity index (χ4n) is 6.99. The summed E-state index contributed by atoms with van der Waals surface area (Å²) in [6, 6.07) is -0.725. The first-order valence-electron chi connectivity index (χ1n) is 23.4. The van der Waals surface area contributed by atoms with Crippen LogP contribution in [0.1, 0.15) is 213 Å². The van der Waals surface area contributed by atoms with Crippen molar-refractivity contribution in [3.63, 3.8) is 0 Å². The van der Waals surface area contributed by atoms with Crippen molar-refractivity contribution >= 4 is 17.9 Å². The van der Waals surface area contributed by atoms with Crippen LogP contribution < -0.4 is 5.11 Å². The van der Waals surface area contributed by atoms with E-state index < -0.39 is 18.1 Å². The largest absolute Gasteiger partial charge is 0.544 e.